The third-order valence-corrected chi connectivity index (χ3v) is 3.74. The van der Waals surface area contributed by atoms with Crippen LogP contribution < -0.4 is 4.90 Å². The van der Waals surface area contributed by atoms with Gasteiger partial charge in [-0.2, -0.15) is 0 Å². The maximum Gasteiger partial charge on any atom is 0.308 e. The van der Waals surface area contributed by atoms with Crippen LogP contribution in [0.3, 0.4) is 0 Å². The number of aromatic nitrogens is 1. The van der Waals surface area contributed by atoms with Crippen molar-refractivity contribution in [3.8, 4) is 11.3 Å². The third-order valence-electron chi connectivity index (χ3n) is 2.77. The number of carboxylic acids is 1. The van der Waals surface area contributed by atoms with E-state index < -0.39 is 5.97 Å². The van der Waals surface area contributed by atoms with Crippen LogP contribution in [0.4, 0.5) is 5.69 Å². The first kappa shape index (κ1) is 13.5. The Balaban J connectivity index is 2.38. The van der Waals surface area contributed by atoms with Crippen LogP contribution in [0.5, 0.6) is 0 Å². The van der Waals surface area contributed by atoms with E-state index in [4.69, 9.17) is 5.11 Å². The highest BCUT2D eigenvalue weighted by atomic mass is 32.1. The van der Waals surface area contributed by atoms with Crippen molar-refractivity contribution >= 4 is 23.0 Å². The quantitative estimate of drug-likeness (QED) is 0.933. The maximum absolute atomic E-state index is 10.9. The van der Waals surface area contributed by atoms with Crippen molar-refractivity contribution in [1.29, 1.82) is 0 Å². The van der Waals surface area contributed by atoms with Gasteiger partial charge in [0.05, 0.1) is 17.1 Å². The van der Waals surface area contributed by atoms with Crippen LogP contribution in [-0.4, -0.2) is 30.2 Å². The topological polar surface area (TPSA) is 53.4 Å². The van der Waals surface area contributed by atoms with Crippen molar-refractivity contribution < 1.29 is 9.90 Å². The smallest absolute Gasteiger partial charge is 0.308 e. The lowest BCUT2D eigenvalue weighted by atomic mass is 10.1. The number of aryl methyl sites for hydroxylation is 1. The number of carbonyl (C=O) groups is 1. The van der Waals surface area contributed by atoms with Gasteiger partial charge in [-0.25, -0.2) is 4.98 Å². The Labute approximate surface area is 116 Å². The number of carboxylic acid groups (broad SMARTS) is 1. The van der Waals surface area contributed by atoms with Crippen molar-refractivity contribution in [3.05, 3.63) is 34.2 Å². The molecule has 1 heterocycles. The van der Waals surface area contributed by atoms with E-state index in [2.05, 4.69) is 4.98 Å². The van der Waals surface area contributed by atoms with Gasteiger partial charge in [0.1, 0.15) is 0 Å². The van der Waals surface area contributed by atoms with Crippen molar-refractivity contribution in [3.63, 3.8) is 0 Å². The number of hydrogen-bond acceptors (Lipinski definition) is 4. The van der Waals surface area contributed by atoms with E-state index in [0.29, 0.717) is 0 Å². The number of rotatable bonds is 4. The van der Waals surface area contributed by atoms with Crippen LogP contribution in [0.15, 0.2) is 24.3 Å². The molecule has 0 radical (unpaired) electrons. The molecule has 0 spiro atoms. The summed E-state index contributed by atoms with van der Waals surface area (Å²) in [4.78, 5) is 18.2. The highest BCUT2D eigenvalue weighted by Crippen LogP contribution is 2.29. The van der Waals surface area contributed by atoms with E-state index in [9.17, 15) is 4.79 Å². The molecule has 1 aromatic carbocycles. The second-order valence-corrected chi connectivity index (χ2v) is 5.80. The Bertz CT molecular complexity index is 588. The first-order chi connectivity index (χ1) is 8.97. The number of anilines is 1. The highest BCUT2D eigenvalue weighted by Gasteiger charge is 2.14. The average Bonchev–Trinajstić information content (AvgIpc) is 2.69. The molecule has 0 unspecified atom stereocenters. The minimum absolute atomic E-state index is 0.0241. The molecule has 0 aliphatic heterocycles. The molecule has 0 atom stereocenters. The Kier molecular flexibility index (Phi) is 3.85. The van der Waals surface area contributed by atoms with Gasteiger partial charge < -0.3 is 10.0 Å². The molecule has 0 aliphatic rings. The molecule has 1 N–H and O–H groups in total. The summed E-state index contributed by atoms with van der Waals surface area (Å²) in [5, 5.41) is 9.83. The summed E-state index contributed by atoms with van der Waals surface area (Å²) in [5.74, 6) is -0.824. The molecule has 0 saturated carbocycles. The van der Waals surface area contributed by atoms with E-state index in [0.717, 1.165) is 26.8 Å². The van der Waals surface area contributed by atoms with Gasteiger partial charge in [-0.3, -0.25) is 4.79 Å². The fourth-order valence-electron chi connectivity index (χ4n) is 1.87. The second kappa shape index (κ2) is 5.40. The molecule has 0 saturated heterocycles. The van der Waals surface area contributed by atoms with Crippen LogP contribution >= 0.6 is 11.3 Å². The van der Waals surface area contributed by atoms with E-state index in [1.54, 1.807) is 0 Å². The first-order valence-corrected chi connectivity index (χ1v) is 6.75. The van der Waals surface area contributed by atoms with E-state index >= 15 is 0 Å². The molecule has 0 bridgehead atoms. The minimum atomic E-state index is -0.824. The third kappa shape index (κ3) is 3.12. The van der Waals surface area contributed by atoms with Crippen LogP contribution in [-0.2, 0) is 11.2 Å². The lowest BCUT2D eigenvalue weighted by Crippen LogP contribution is -2.08. The number of hydrogen-bond donors (Lipinski definition) is 1. The summed E-state index contributed by atoms with van der Waals surface area (Å²) in [6, 6.07) is 7.98. The molecule has 2 aromatic rings. The van der Waals surface area contributed by atoms with E-state index in [1.165, 1.54) is 11.3 Å². The van der Waals surface area contributed by atoms with Crippen molar-refractivity contribution in [2.45, 2.75) is 13.3 Å². The molecule has 0 fully saturated rings. The van der Waals surface area contributed by atoms with Crippen molar-refractivity contribution in [2.24, 2.45) is 0 Å². The summed E-state index contributed by atoms with van der Waals surface area (Å²) in [6.07, 6.45) is 0.0241. The number of nitrogens with zero attached hydrogens (tertiary/aromatic N) is 2. The predicted molar refractivity (Wildman–Crippen MR) is 78.0 cm³/mol. The molecular formula is C14H16N2O2S. The van der Waals surface area contributed by atoms with Crippen LogP contribution in [0.2, 0.25) is 0 Å². The van der Waals surface area contributed by atoms with Crippen LogP contribution in [0, 0.1) is 6.92 Å². The van der Waals surface area contributed by atoms with Gasteiger partial charge in [-0.15, -0.1) is 11.3 Å². The summed E-state index contributed by atoms with van der Waals surface area (Å²) >= 11 is 1.45. The zero-order valence-electron chi connectivity index (χ0n) is 11.2. The van der Waals surface area contributed by atoms with Crippen LogP contribution in [0.1, 0.15) is 9.88 Å². The van der Waals surface area contributed by atoms with Gasteiger partial charge in [-0.1, -0.05) is 12.1 Å². The van der Waals surface area contributed by atoms with Crippen LogP contribution in [0.25, 0.3) is 11.3 Å². The van der Waals surface area contributed by atoms with Gasteiger partial charge >= 0.3 is 5.97 Å². The summed E-state index contributed by atoms with van der Waals surface area (Å²) in [6.45, 7) is 1.90. The largest absolute Gasteiger partial charge is 0.481 e. The molecule has 4 nitrogen and oxygen atoms in total. The standard InChI is InChI=1S/C14H16N2O2S/c1-9-15-14(12(19-9)8-13(17)18)10-4-6-11(7-5-10)16(2)3/h4-7H,8H2,1-3H3,(H,17,18). The molecule has 1 aromatic heterocycles. The van der Waals surface area contributed by atoms with Gasteiger partial charge in [0.2, 0.25) is 0 Å². The molecule has 2 rings (SSSR count). The normalized spacial score (nSPS) is 10.5. The van der Waals surface area contributed by atoms with Gasteiger partial charge in [0, 0.05) is 30.2 Å². The Morgan fingerprint density at radius 1 is 1.32 bits per heavy atom. The summed E-state index contributed by atoms with van der Waals surface area (Å²) in [7, 11) is 3.97. The Morgan fingerprint density at radius 3 is 2.47 bits per heavy atom. The van der Waals surface area contributed by atoms with Crippen molar-refractivity contribution in [1.82, 2.24) is 4.98 Å². The Hall–Kier alpha value is -1.88. The number of benzene rings is 1. The maximum atomic E-state index is 10.9. The summed E-state index contributed by atoms with van der Waals surface area (Å²) < 4.78 is 0. The second-order valence-electron chi connectivity index (χ2n) is 4.52. The SMILES string of the molecule is Cc1nc(-c2ccc(N(C)C)cc2)c(CC(=O)O)s1. The predicted octanol–water partition coefficient (Wildman–Crippen LogP) is 2.81. The molecule has 5 heteroatoms. The number of thiazole rings is 1. The van der Waals surface area contributed by atoms with Gasteiger partial charge in [0.15, 0.2) is 0 Å². The first-order valence-electron chi connectivity index (χ1n) is 5.93. The molecular weight excluding hydrogens is 260 g/mol. The molecule has 0 amide bonds. The Morgan fingerprint density at radius 2 is 1.95 bits per heavy atom. The lowest BCUT2D eigenvalue weighted by Gasteiger charge is -2.12. The fraction of sp³-hybridized carbons (Fsp3) is 0.286. The highest BCUT2D eigenvalue weighted by molar-refractivity contribution is 7.12. The minimum Gasteiger partial charge on any atom is -0.481 e. The monoisotopic (exact) mass is 276 g/mol. The van der Waals surface area contributed by atoms with E-state index in [1.807, 2.05) is 50.2 Å². The van der Waals surface area contributed by atoms with Crippen molar-refractivity contribution in [2.75, 3.05) is 19.0 Å². The molecule has 0 aliphatic carbocycles. The van der Waals surface area contributed by atoms with E-state index in [-0.39, 0.29) is 6.42 Å². The van der Waals surface area contributed by atoms with Gasteiger partial charge in [0.25, 0.3) is 0 Å². The molecule has 19 heavy (non-hydrogen) atoms. The summed E-state index contributed by atoms with van der Waals surface area (Å²) in [5.41, 5.74) is 2.86. The number of aliphatic carboxylic acids is 1. The zero-order valence-corrected chi connectivity index (χ0v) is 12.0. The fourth-order valence-corrected chi connectivity index (χ4v) is 2.82. The molecule has 100 valence electrons. The average molecular weight is 276 g/mol. The van der Waals surface area contributed by atoms with Gasteiger partial charge in [-0.05, 0) is 19.1 Å². The lowest BCUT2D eigenvalue weighted by molar-refractivity contribution is -0.136. The zero-order chi connectivity index (χ0) is 14.0.